The molecule has 0 aliphatic heterocycles. The lowest BCUT2D eigenvalue weighted by Crippen LogP contribution is -2.01. The Morgan fingerprint density at radius 1 is 1.10 bits per heavy atom. The highest BCUT2D eigenvalue weighted by Gasteiger charge is 2.08. The number of methoxy groups -OCH3 is 2. The fourth-order valence-electron chi connectivity index (χ4n) is 2.19. The molecule has 2 aromatic carbocycles. The minimum Gasteiger partial charge on any atom is -0.497 e. The summed E-state index contributed by atoms with van der Waals surface area (Å²) in [6, 6.07) is 14.0. The average Bonchev–Trinajstić information content (AvgIpc) is 2.96. The third kappa shape index (κ3) is 2.78. The molecule has 0 saturated carbocycles. The highest BCUT2D eigenvalue weighted by molar-refractivity contribution is 7.11. The highest BCUT2D eigenvalue weighted by atomic mass is 32.1. The standard InChI is InChI=1S/C16H16N2O2S/c1-19-12-8-7-11(15(9-12)20-2)10-17-16-13-5-3-4-6-14(13)18-21-16/h3-9,17H,10H2,1-2H3. The van der Waals surface area contributed by atoms with Crippen LogP contribution in [0.5, 0.6) is 11.5 Å². The smallest absolute Gasteiger partial charge is 0.127 e. The van der Waals surface area contributed by atoms with Crippen LogP contribution in [0.3, 0.4) is 0 Å². The number of benzene rings is 2. The van der Waals surface area contributed by atoms with Gasteiger partial charge in [-0.2, -0.15) is 4.37 Å². The Bertz CT molecular complexity index is 755. The first-order valence-electron chi connectivity index (χ1n) is 6.61. The number of nitrogens with zero attached hydrogens (tertiary/aromatic N) is 1. The van der Waals surface area contributed by atoms with Crippen LogP contribution in [0.15, 0.2) is 42.5 Å². The topological polar surface area (TPSA) is 43.4 Å². The van der Waals surface area contributed by atoms with E-state index in [0.717, 1.165) is 33.0 Å². The van der Waals surface area contributed by atoms with Crippen LogP contribution in [0.25, 0.3) is 10.9 Å². The van der Waals surface area contributed by atoms with Gasteiger partial charge < -0.3 is 14.8 Å². The molecule has 4 nitrogen and oxygen atoms in total. The van der Waals surface area contributed by atoms with Crippen molar-refractivity contribution >= 4 is 27.4 Å². The summed E-state index contributed by atoms with van der Waals surface area (Å²) in [6.07, 6.45) is 0. The zero-order chi connectivity index (χ0) is 14.7. The second-order valence-electron chi connectivity index (χ2n) is 4.56. The molecule has 0 bridgehead atoms. The molecule has 108 valence electrons. The van der Waals surface area contributed by atoms with E-state index in [1.165, 1.54) is 11.5 Å². The van der Waals surface area contributed by atoms with Crippen LogP contribution < -0.4 is 14.8 Å². The van der Waals surface area contributed by atoms with Gasteiger partial charge in [0.25, 0.3) is 0 Å². The van der Waals surface area contributed by atoms with E-state index in [1.807, 2.05) is 36.4 Å². The maximum atomic E-state index is 5.41. The Morgan fingerprint density at radius 3 is 2.76 bits per heavy atom. The molecule has 0 aliphatic rings. The van der Waals surface area contributed by atoms with Gasteiger partial charge in [-0.3, -0.25) is 0 Å². The second-order valence-corrected chi connectivity index (χ2v) is 5.33. The third-order valence-electron chi connectivity index (χ3n) is 3.32. The molecule has 0 fully saturated rings. The predicted octanol–water partition coefficient (Wildman–Crippen LogP) is 3.93. The molecule has 3 rings (SSSR count). The van der Waals surface area contributed by atoms with Crippen molar-refractivity contribution in [1.29, 1.82) is 0 Å². The largest absolute Gasteiger partial charge is 0.497 e. The summed E-state index contributed by atoms with van der Waals surface area (Å²) >= 11 is 1.48. The van der Waals surface area contributed by atoms with Crippen molar-refractivity contribution in [3.63, 3.8) is 0 Å². The Morgan fingerprint density at radius 2 is 1.95 bits per heavy atom. The number of rotatable bonds is 5. The Kier molecular flexibility index (Phi) is 3.92. The van der Waals surface area contributed by atoms with Crippen molar-refractivity contribution in [2.45, 2.75) is 6.54 Å². The molecule has 21 heavy (non-hydrogen) atoms. The maximum Gasteiger partial charge on any atom is 0.127 e. The van der Waals surface area contributed by atoms with E-state index in [9.17, 15) is 0 Å². The number of hydrogen-bond donors (Lipinski definition) is 1. The summed E-state index contributed by atoms with van der Waals surface area (Å²) in [6.45, 7) is 0.680. The zero-order valence-corrected chi connectivity index (χ0v) is 12.7. The van der Waals surface area contributed by atoms with Gasteiger partial charge in [-0.05, 0) is 35.8 Å². The molecule has 1 heterocycles. The van der Waals surface area contributed by atoms with Gasteiger partial charge in [0.15, 0.2) is 0 Å². The quantitative estimate of drug-likeness (QED) is 0.775. The molecule has 0 spiro atoms. The molecule has 0 unspecified atom stereocenters. The number of ether oxygens (including phenoxy) is 2. The van der Waals surface area contributed by atoms with Crippen molar-refractivity contribution in [3.8, 4) is 11.5 Å². The van der Waals surface area contributed by atoms with Crippen LogP contribution in [-0.2, 0) is 6.54 Å². The lowest BCUT2D eigenvalue weighted by atomic mass is 10.2. The lowest BCUT2D eigenvalue weighted by molar-refractivity contribution is 0.391. The maximum absolute atomic E-state index is 5.41. The summed E-state index contributed by atoms with van der Waals surface area (Å²) in [5.41, 5.74) is 2.10. The molecule has 0 saturated heterocycles. The SMILES string of the molecule is COc1ccc(CNc2snc3ccccc23)c(OC)c1. The van der Waals surface area contributed by atoms with Gasteiger partial charge in [-0.25, -0.2) is 0 Å². The van der Waals surface area contributed by atoms with E-state index >= 15 is 0 Å². The average molecular weight is 300 g/mol. The van der Waals surface area contributed by atoms with Crippen LogP contribution in [0.4, 0.5) is 5.00 Å². The predicted molar refractivity (Wildman–Crippen MR) is 86.5 cm³/mol. The molecule has 1 aromatic heterocycles. The first-order valence-corrected chi connectivity index (χ1v) is 7.38. The molecule has 1 N–H and O–H groups in total. The highest BCUT2D eigenvalue weighted by Crippen LogP contribution is 2.30. The minimum atomic E-state index is 0.680. The second kappa shape index (κ2) is 6.01. The Balaban J connectivity index is 1.81. The number of aromatic nitrogens is 1. The number of anilines is 1. The van der Waals surface area contributed by atoms with E-state index in [1.54, 1.807) is 14.2 Å². The molecule has 5 heteroatoms. The summed E-state index contributed by atoms with van der Waals surface area (Å²) in [7, 11) is 3.32. The first kappa shape index (κ1) is 13.7. The van der Waals surface area contributed by atoms with Crippen molar-refractivity contribution in [1.82, 2.24) is 4.37 Å². The van der Waals surface area contributed by atoms with Crippen LogP contribution in [-0.4, -0.2) is 18.6 Å². The van der Waals surface area contributed by atoms with E-state index < -0.39 is 0 Å². The Labute approximate surface area is 127 Å². The van der Waals surface area contributed by atoms with Gasteiger partial charge in [-0.1, -0.05) is 12.1 Å². The van der Waals surface area contributed by atoms with Gasteiger partial charge in [-0.15, -0.1) is 0 Å². The number of nitrogens with one attached hydrogen (secondary N) is 1. The van der Waals surface area contributed by atoms with Crippen LogP contribution in [0.1, 0.15) is 5.56 Å². The van der Waals surface area contributed by atoms with Crippen LogP contribution in [0, 0.1) is 0 Å². The van der Waals surface area contributed by atoms with Crippen molar-refractivity contribution in [2.75, 3.05) is 19.5 Å². The molecule has 0 radical (unpaired) electrons. The summed E-state index contributed by atoms with van der Waals surface area (Å²) in [5, 5.41) is 5.65. The number of fused-ring (bicyclic) bond motifs is 1. The molecular formula is C16H16N2O2S. The normalized spacial score (nSPS) is 10.6. The fraction of sp³-hybridized carbons (Fsp3) is 0.188. The van der Waals surface area contributed by atoms with E-state index in [0.29, 0.717) is 6.54 Å². The van der Waals surface area contributed by atoms with Gasteiger partial charge in [0.05, 0.1) is 19.7 Å². The van der Waals surface area contributed by atoms with Gasteiger partial charge in [0, 0.05) is 23.6 Å². The minimum absolute atomic E-state index is 0.680. The van der Waals surface area contributed by atoms with Crippen molar-refractivity contribution < 1.29 is 9.47 Å². The van der Waals surface area contributed by atoms with E-state index in [-0.39, 0.29) is 0 Å². The summed E-state index contributed by atoms with van der Waals surface area (Å²) < 4.78 is 15.1. The van der Waals surface area contributed by atoms with E-state index in [2.05, 4.69) is 15.8 Å². The van der Waals surface area contributed by atoms with Gasteiger partial charge in [0.1, 0.15) is 16.5 Å². The molecule has 0 amide bonds. The molecule has 0 atom stereocenters. The molecule has 0 aliphatic carbocycles. The van der Waals surface area contributed by atoms with Crippen molar-refractivity contribution in [2.24, 2.45) is 0 Å². The van der Waals surface area contributed by atoms with Crippen LogP contribution in [0.2, 0.25) is 0 Å². The summed E-state index contributed by atoms with van der Waals surface area (Å²) in [5.74, 6) is 1.61. The fourth-order valence-corrected chi connectivity index (χ4v) is 2.95. The van der Waals surface area contributed by atoms with Gasteiger partial charge >= 0.3 is 0 Å². The Hall–Kier alpha value is -2.27. The van der Waals surface area contributed by atoms with E-state index in [4.69, 9.17) is 9.47 Å². The third-order valence-corrected chi connectivity index (χ3v) is 4.15. The van der Waals surface area contributed by atoms with Crippen molar-refractivity contribution in [3.05, 3.63) is 48.0 Å². The summed E-state index contributed by atoms with van der Waals surface area (Å²) in [4.78, 5) is 0. The zero-order valence-electron chi connectivity index (χ0n) is 11.9. The molecule has 3 aromatic rings. The van der Waals surface area contributed by atoms with Gasteiger partial charge in [0.2, 0.25) is 0 Å². The lowest BCUT2D eigenvalue weighted by Gasteiger charge is -2.11. The van der Waals surface area contributed by atoms with Crippen LogP contribution >= 0.6 is 11.5 Å². The molecular weight excluding hydrogens is 284 g/mol. The first-order chi connectivity index (χ1) is 10.3. The monoisotopic (exact) mass is 300 g/mol. The number of hydrogen-bond acceptors (Lipinski definition) is 5.